The molecule has 0 aromatic heterocycles. The summed E-state index contributed by atoms with van der Waals surface area (Å²) in [4.78, 5) is 29.4. The van der Waals surface area contributed by atoms with Crippen LogP contribution in [0.4, 0.5) is 5.69 Å². The molecule has 0 radical (unpaired) electrons. The molecule has 2 amide bonds. The maximum atomic E-state index is 14.0. The standard InChI is InChI=1S/C29H27NO2/c1-18-16-19(2)27(20(3)17-18)30-28(31)25-23(21-10-6-4-7-11-21)14-15-24(26(25)29(30)32)22-12-8-5-9-13-22/h4-17,23-26H,1-3H3/t23-,24+,25-,26-/m1/s1. The smallest absolute Gasteiger partial charge is 0.238 e. The minimum absolute atomic E-state index is 0.0887. The molecule has 0 spiro atoms. The fraction of sp³-hybridized carbons (Fsp3) is 0.241. The third-order valence-electron chi connectivity index (χ3n) is 6.93. The zero-order valence-electron chi connectivity index (χ0n) is 18.7. The number of carbonyl (C=O) groups is 2. The molecule has 3 aromatic rings. The molecule has 4 atom stereocenters. The minimum atomic E-state index is -0.416. The Balaban J connectivity index is 1.67. The summed E-state index contributed by atoms with van der Waals surface area (Å²) in [5, 5.41) is 0. The number of hydrogen-bond donors (Lipinski definition) is 0. The summed E-state index contributed by atoms with van der Waals surface area (Å²) in [7, 11) is 0. The highest BCUT2D eigenvalue weighted by molar-refractivity contribution is 6.23. The van der Waals surface area contributed by atoms with Crippen LogP contribution in [0.3, 0.4) is 0 Å². The van der Waals surface area contributed by atoms with Crippen LogP contribution in [0.2, 0.25) is 0 Å². The van der Waals surface area contributed by atoms with Crippen molar-refractivity contribution in [3.63, 3.8) is 0 Å². The largest absolute Gasteiger partial charge is 0.274 e. The third-order valence-corrected chi connectivity index (χ3v) is 6.93. The Bertz CT molecular complexity index is 1120. The van der Waals surface area contributed by atoms with Crippen LogP contribution in [0.15, 0.2) is 84.9 Å². The highest BCUT2D eigenvalue weighted by Crippen LogP contribution is 2.50. The fourth-order valence-electron chi connectivity index (χ4n) is 5.68. The molecule has 0 N–H and O–H groups in total. The minimum Gasteiger partial charge on any atom is -0.274 e. The van der Waals surface area contributed by atoms with Gasteiger partial charge in [0.05, 0.1) is 17.5 Å². The monoisotopic (exact) mass is 421 g/mol. The Kier molecular flexibility index (Phi) is 5.05. The van der Waals surface area contributed by atoms with Crippen molar-refractivity contribution in [2.24, 2.45) is 11.8 Å². The molecular formula is C29H27NO2. The molecule has 1 aliphatic heterocycles. The van der Waals surface area contributed by atoms with Crippen LogP contribution in [-0.2, 0) is 9.59 Å². The summed E-state index contributed by atoms with van der Waals surface area (Å²) in [5.74, 6) is -1.24. The predicted octanol–water partition coefficient (Wildman–Crippen LogP) is 5.85. The molecule has 1 aliphatic carbocycles. The number of hydrogen-bond acceptors (Lipinski definition) is 2. The van der Waals surface area contributed by atoms with Gasteiger partial charge in [-0.1, -0.05) is 90.5 Å². The normalized spacial score (nSPS) is 24.7. The molecule has 1 heterocycles. The van der Waals surface area contributed by atoms with Gasteiger partial charge < -0.3 is 0 Å². The van der Waals surface area contributed by atoms with Crippen LogP contribution in [0, 0.1) is 32.6 Å². The van der Waals surface area contributed by atoms with E-state index < -0.39 is 11.8 Å². The molecule has 2 aliphatic rings. The van der Waals surface area contributed by atoms with Crippen LogP contribution in [-0.4, -0.2) is 11.8 Å². The van der Waals surface area contributed by atoms with Crippen LogP contribution >= 0.6 is 0 Å². The highest BCUT2D eigenvalue weighted by Gasteiger charge is 2.55. The van der Waals surface area contributed by atoms with Crippen molar-refractivity contribution in [3.05, 3.63) is 113 Å². The van der Waals surface area contributed by atoms with Gasteiger partial charge in [0.25, 0.3) is 0 Å². The number of aryl methyl sites for hydroxylation is 3. The topological polar surface area (TPSA) is 37.4 Å². The van der Waals surface area contributed by atoms with E-state index in [4.69, 9.17) is 0 Å². The van der Waals surface area contributed by atoms with Crippen molar-refractivity contribution in [1.29, 1.82) is 0 Å². The van der Waals surface area contributed by atoms with Crippen molar-refractivity contribution in [2.45, 2.75) is 32.6 Å². The number of carbonyl (C=O) groups excluding carboxylic acids is 2. The lowest BCUT2D eigenvalue weighted by Gasteiger charge is -2.32. The number of nitrogens with zero attached hydrogens (tertiary/aromatic N) is 1. The van der Waals surface area contributed by atoms with Gasteiger partial charge in [-0.2, -0.15) is 0 Å². The zero-order chi connectivity index (χ0) is 22.4. The van der Waals surface area contributed by atoms with Gasteiger partial charge >= 0.3 is 0 Å². The second-order valence-electron chi connectivity index (χ2n) is 9.07. The average Bonchev–Trinajstić information content (AvgIpc) is 3.05. The molecular weight excluding hydrogens is 394 g/mol. The first-order valence-electron chi connectivity index (χ1n) is 11.2. The quantitative estimate of drug-likeness (QED) is 0.393. The van der Waals surface area contributed by atoms with Gasteiger partial charge in [-0.25, -0.2) is 4.90 Å². The average molecular weight is 422 g/mol. The van der Waals surface area contributed by atoms with E-state index in [1.54, 1.807) is 0 Å². The number of allylic oxidation sites excluding steroid dienone is 2. The summed E-state index contributed by atoms with van der Waals surface area (Å²) >= 11 is 0. The van der Waals surface area contributed by atoms with Crippen LogP contribution < -0.4 is 4.90 Å². The number of fused-ring (bicyclic) bond motifs is 1. The summed E-state index contributed by atoms with van der Waals surface area (Å²) < 4.78 is 0. The maximum absolute atomic E-state index is 14.0. The lowest BCUT2D eigenvalue weighted by Crippen LogP contribution is -2.33. The molecule has 0 saturated carbocycles. The van der Waals surface area contributed by atoms with Gasteiger partial charge in [-0.05, 0) is 43.0 Å². The van der Waals surface area contributed by atoms with Crippen LogP contribution in [0.1, 0.15) is 39.7 Å². The molecule has 1 saturated heterocycles. The van der Waals surface area contributed by atoms with E-state index in [2.05, 4.69) is 36.4 Å². The van der Waals surface area contributed by atoms with Crippen molar-refractivity contribution < 1.29 is 9.59 Å². The maximum Gasteiger partial charge on any atom is 0.238 e. The molecule has 3 aromatic carbocycles. The number of rotatable bonds is 3. The highest BCUT2D eigenvalue weighted by atomic mass is 16.2. The van der Waals surface area contributed by atoms with E-state index in [9.17, 15) is 9.59 Å². The van der Waals surface area contributed by atoms with Gasteiger partial charge in [-0.15, -0.1) is 0 Å². The fourth-order valence-corrected chi connectivity index (χ4v) is 5.68. The SMILES string of the molecule is Cc1cc(C)c(N2C(=O)[C@H]3[C@H](C2=O)[C@H](c2ccccc2)C=C[C@@H]3c2ccccc2)c(C)c1. The Hall–Kier alpha value is -3.46. The lowest BCUT2D eigenvalue weighted by atomic mass is 9.68. The summed E-state index contributed by atoms with van der Waals surface area (Å²) in [6, 6.07) is 24.2. The molecule has 3 nitrogen and oxygen atoms in total. The summed E-state index contributed by atoms with van der Waals surface area (Å²) in [6.45, 7) is 6.01. The number of imide groups is 1. The van der Waals surface area contributed by atoms with Crippen molar-refractivity contribution >= 4 is 17.5 Å². The van der Waals surface area contributed by atoms with E-state index >= 15 is 0 Å². The molecule has 5 rings (SSSR count). The zero-order valence-corrected chi connectivity index (χ0v) is 18.7. The molecule has 160 valence electrons. The van der Waals surface area contributed by atoms with Crippen LogP contribution in [0.25, 0.3) is 0 Å². The summed E-state index contributed by atoms with van der Waals surface area (Å²) in [6.07, 6.45) is 4.27. The van der Waals surface area contributed by atoms with Gasteiger partial charge in [0.15, 0.2) is 0 Å². The second kappa shape index (κ2) is 7.90. The van der Waals surface area contributed by atoms with E-state index in [0.717, 1.165) is 33.5 Å². The Labute approximate surface area is 189 Å². The van der Waals surface area contributed by atoms with Crippen molar-refractivity contribution in [2.75, 3.05) is 4.90 Å². The number of benzene rings is 3. The van der Waals surface area contributed by atoms with E-state index in [-0.39, 0.29) is 23.7 Å². The van der Waals surface area contributed by atoms with E-state index in [0.29, 0.717) is 0 Å². The first kappa shape index (κ1) is 20.4. The predicted molar refractivity (Wildman–Crippen MR) is 128 cm³/mol. The van der Waals surface area contributed by atoms with Crippen molar-refractivity contribution in [3.8, 4) is 0 Å². The van der Waals surface area contributed by atoms with Gasteiger partial charge in [-0.3, -0.25) is 9.59 Å². The first-order chi connectivity index (χ1) is 15.5. The third kappa shape index (κ3) is 3.20. The lowest BCUT2D eigenvalue weighted by molar-refractivity contribution is -0.122. The van der Waals surface area contributed by atoms with Crippen molar-refractivity contribution in [1.82, 2.24) is 0 Å². The van der Waals surface area contributed by atoms with Gasteiger partial charge in [0.2, 0.25) is 11.8 Å². The van der Waals surface area contributed by atoms with E-state index in [1.165, 1.54) is 4.90 Å². The Morgan fingerprint density at radius 1 is 0.625 bits per heavy atom. The van der Waals surface area contributed by atoms with Crippen LogP contribution in [0.5, 0.6) is 0 Å². The van der Waals surface area contributed by atoms with Gasteiger partial charge in [0.1, 0.15) is 0 Å². The summed E-state index contributed by atoms with van der Waals surface area (Å²) in [5.41, 5.74) is 5.95. The molecule has 0 bridgehead atoms. The first-order valence-corrected chi connectivity index (χ1v) is 11.2. The number of amides is 2. The molecule has 1 fully saturated rings. The Morgan fingerprint density at radius 2 is 1.03 bits per heavy atom. The van der Waals surface area contributed by atoms with E-state index in [1.807, 2.05) is 69.3 Å². The van der Waals surface area contributed by atoms with Gasteiger partial charge in [0, 0.05) is 11.8 Å². The Morgan fingerprint density at radius 3 is 1.44 bits per heavy atom. The molecule has 32 heavy (non-hydrogen) atoms. The molecule has 3 heteroatoms. The second-order valence-corrected chi connectivity index (χ2v) is 9.07. The number of anilines is 1. The molecule has 0 unspecified atom stereocenters.